The number of carbonyl (C=O) groups is 1. The monoisotopic (exact) mass is 326 g/mol. The van der Waals surface area contributed by atoms with Crippen LogP contribution in [0.4, 0.5) is 0 Å². The summed E-state index contributed by atoms with van der Waals surface area (Å²) in [4.78, 5) is 11.9. The normalized spacial score (nSPS) is 11.4. The minimum absolute atomic E-state index is 0.111. The lowest BCUT2D eigenvalue weighted by Gasteiger charge is -2.13. The summed E-state index contributed by atoms with van der Waals surface area (Å²) in [7, 11) is 0. The van der Waals surface area contributed by atoms with Gasteiger partial charge in [-0.05, 0) is 36.6 Å². The van der Waals surface area contributed by atoms with Crippen molar-refractivity contribution >= 4 is 11.6 Å². The number of para-hydroxylation sites is 1. The van der Waals surface area contributed by atoms with Gasteiger partial charge >= 0.3 is 0 Å². The molecule has 126 valence electrons. The van der Waals surface area contributed by atoms with Gasteiger partial charge in [0.2, 0.25) is 0 Å². The van der Waals surface area contributed by atoms with Crippen LogP contribution in [-0.2, 0) is 4.79 Å². The van der Waals surface area contributed by atoms with Crippen molar-refractivity contribution in [2.75, 3.05) is 6.61 Å². The Balaban J connectivity index is 1.93. The Morgan fingerprint density at radius 3 is 2.67 bits per heavy atom. The van der Waals surface area contributed by atoms with Crippen molar-refractivity contribution in [1.82, 2.24) is 5.43 Å². The van der Waals surface area contributed by atoms with Crippen LogP contribution < -0.4 is 10.2 Å². The van der Waals surface area contributed by atoms with Crippen LogP contribution in [0.25, 0.3) is 0 Å². The number of carbonyl (C=O) groups excluding carboxylic acids is 1. The molecule has 0 heterocycles. The van der Waals surface area contributed by atoms with Crippen LogP contribution in [0.5, 0.6) is 11.5 Å². The number of hydrazone groups is 1. The summed E-state index contributed by atoms with van der Waals surface area (Å²) < 4.78 is 5.60. The summed E-state index contributed by atoms with van der Waals surface area (Å²) in [6.07, 6.45) is 0. The maximum absolute atomic E-state index is 11.9. The zero-order valence-electron chi connectivity index (χ0n) is 14.1. The summed E-state index contributed by atoms with van der Waals surface area (Å²) in [6, 6.07) is 14.4. The molecule has 2 N–H and O–H groups in total. The van der Waals surface area contributed by atoms with Gasteiger partial charge in [0, 0.05) is 5.56 Å². The minimum Gasteiger partial charge on any atom is -0.508 e. The van der Waals surface area contributed by atoms with Crippen molar-refractivity contribution in [3.05, 3.63) is 59.7 Å². The highest BCUT2D eigenvalue weighted by Gasteiger charge is 2.09. The molecule has 0 radical (unpaired) electrons. The van der Waals surface area contributed by atoms with Crippen LogP contribution in [0.1, 0.15) is 37.8 Å². The molecule has 0 aromatic heterocycles. The second-order valence-corrected chi connectivity index (χ2v) is 5.76. The van der Waals surface area contributed by atoms with Crippen LogP contribution in [0, 0.1) is 0 Å². The number of phenols is 1. The lowest BCUT2D eigenvalue weighted by Crippen LogP contribution is -2.25. The van der Waals surface area contributed by atoms with E-state index >= 15 is 0 Å². The van der Waals surface area contributed by atoms with Crippen molar-refractivity contribution in [2.45, 2.75) is 26.7 Å². The van der Waals surface area contributed by atoms with Gasteiger partial charge in [-0.2, -0.15) is 5.10 Å². The topological polar surface area (TPSA) is 70.9 Å². The molecule has 2 aromatic carbocycles. The van der Waals surface area contributed by atoms with Crippen LogP contribution in [0.3, 0.4) is 0 Å². The second kappa shape index (κ2) is 8.15. The number of aromatic hydroxyl groups is 1. The number of rotatable bonds is 6. The molecule has 2 aromatic rings. The first kappa shape index (κ1) is 17.5. The summed E-state index contributed by atoms with van der Waals surface area (Å²) in [5, 5.41) is 13.5. The van der Waals surface area contributed by atoms with E-state index in [0.29, 0.717) is 17.4 Å². The molecule has 0 unspecified atom stereocenters. The molecule has 0 spiro atoms. The van der Waals surface area contributed by atoms with Gasteiger partial charge in [0.15, 0.2) is 6.61 Å². The maximum atomic E-state index is 11.9. The van der Waals surface area contributed by atoms with E-state index in [4.69, 9.17) is 4.74 Å². The first-order valence-corrected chi connectivity index (χ1v) is 7.81. The van der Waals surface area contributed by atoms with Crippen LogP contribution >= 0.6 is 0 Å². The Hall–Kier alpha value is -2.82. The summed E-state index contributed by atoms with van der Waals surface area (Å²) in [5.41, 5.74) is 4.86. The molecular formula is C19H22N2O3. The number of nitrogens with zero attached hydrogens (tertiary/aromatic N) is 1. The first-order chi connectivity index (χ1) is 11.5. The van der Waals surface area contributed by atoms with Gasteiger partial charge in [-0.15, -0.1) is 0 Å². The zero-order valence-corrected chi connectivity index (χ0v) is 14.1. The maximum Gasteiger partial charge on any atom is 0.277 e. The number of nitrogens with one attached hydrogen (secondary N) is 1. The average molecular weight is 326 g/mol. The van der Waals surface area contributed by atoms with Gasteiger partial charge in [0.05, 0.1) is 5.71 Å². The highest BCUT2D eigenvalue weighted by molar-refractivity contribution is 5.99. The van der Waals surface area contributed by atoms with E-state index in [-0.39, 0.29) is 18.3 Å². The Morgan fingerprint density at radius 2 is 1.96 bits per heavy atom. The van der Waals surface area contributed by atoms with E-state index < -0.39 is 0 Å². The van der Waals surface area contributed by atoms with E-state index in [1.54, 1.807) is 31.2 Å². The number of ether oxygens (including phenoxy) is 1. The number of hydrogen-bond acceptors (Lipinski definition) is 4. The number of hydrogen-bond donors (Lipinski definition) is 2. The first-order valence-electron chi connectivity index (χ1n) is 7.81. The summed E-state index contributed by atoms with van der Waals surface area (Å²) in [6.45, 7) is 5.79. The molecule has 5 nitrogen and oxygen atoms in total. The second-order valence-electron chi connectivity index (χ2n) is 5.76. The van der Waals surface area contributed by atoms with Gasteiger partial charge in [0.25, 0.3) is 5.91 Å². The lowest BCUT2D eigenvalue weighted by atomic mass is 10.0. The Labute approximate surface area is 142 Å². The van der Waals surface area contributed by atoms with E-state index in [9.17, 15) is 9.90 Å². The predicted molar refractivity (Wildman–Crippen MR) is 94.5 cm³/mol. The Bertz CT molecular complexity index is 739. The van der Waals surface area contributed by atoms with E-state index in [1.807, 2.05) is 24.3 Å². The van der Waals surface area contributed by atoms with Crippen molar-refractivity contribution in [3.8, 4) is 11.5 Å². The van der Waals surface area contributed by atoms with Crippen LogP contribution in [0.2, 0.25) is 0 Å². The van der Waals surface area contributed by atoms with Gasteiger partial charge < -0.3 is 9.84 Å². The SMILES string of the molecule is C/C(=N/NC(=O)COc1ccccc1C(C)C)c1cccc(O)c1. The third-order valence-electron chi connectivity index (χ3n) is 3.51. The largest absolute Gasteiger partial charge is 0.508 e. The van der Waals surface area contributed by atoms with Gasteiger partial charge in [0.1, 0.15) is 11.5 Å². The molecule has 0 atom stereocenters. The highest BCUT2D eigenvalue weighted by Crippen LogP contribution is 2.25. The molecular weight excluding hydrogens is 304 g/mol. The smallest absolute Gasteiger partial charge is 0.277 e. The molecule has 0 saturated heterocycles. The molecule has 0 aliphatic rings. The van der Waals surface area contributed by atoms with Crippen molar-refractivity contribution in [2.24, 2.45) is 5.10 Å². The van der Waals surface area contributed by atoms with Crippen LogP contribution in [-0.4, -0.2) is 23.3 Å². The zero-order chi connectivity index (χ0) is 17.5. The fourth-order valence-corrected chi connectivity index (χ4v) is 2.21. The molecule has 0 saturated carbocycles. The molecule has 0 fully saturated rings. The fourth-order valence-electron chi connectivity index (χ4n) is 2.21. The molecule has 0 aliphatic heterocycles. The lowest BCUT2D eigenvalue weighted by molar-refractivity contribution is -0.123. The van der Waals surface area contributed by atoms with Crippen LogP contribution in [0.15, 0.2) is 53.6 Å². The van der Waals surface area contributed by atoms with Crippen molar-refractivity contribution < 1.29 is 14.6 Å². The fraction of sp³-hybridized carbons (Fsp3) is 0.263. The number of phenolic OH excluding ortho intramolecular Hbond substituents is 1. The van der Waals surface area contributed by atoms with E-state index in [1.165, 1.54) is 0 Å². The Morgan fingerprint density at radius 1 is 1.21 bits per heavy atom. The summed E-state index contributed by atoms with van der Waals surface area (Å²) >= 11 is 0. The number of amides is 1. The number of benzene rings is 2. The van der Waals surface area contributed by atoms with Gasteiger partial charge in [-0.3, -0.25) is 4.79 Å². The summed E-state index contributed by atoms with van der Waals surface area (Å²) in [5.74, 6) is 0.835. The third kappa shape index (κ3) is 4.84. The molecule has 5 heteroatoms. The molecule has 24 heavy (non-hydrogen) atoms. The van der Waals surface area contributed by atoms with Crippen molar-refractivity contribution in [3.63, 3.8) is 0 Å². The Kier molecular flexibility index (Phi) is 5.95. The molecule has 2 rings (SSSR count). The minimum atomic E-state index is -0.340. The highest BCUT2D eigenvalue weighted by atomic mass is 16.5. The van der Waals surface area contributed by atoms with Crippen molar-refractivity contribution in [1.29, 1.82) is 0 Å². The molecule has 1 amide bonds. The van der Waals surface area contributed by atoms with Gasteiger partial charge in [-0.25, -0.2) is 5.43 Å². The molecule has 0 aliphatic carbocycles. The average Bonchev–Trinajstić information content (AvgIpc) is 2.58. The third-order valence-corrected chi connectivity index (χ3v) is 3.51. The van der Waals surface area contributed by atoms with Gasteiger partial charge in [-0.1, -0.05) is 44.2 Å². The quantitative estimate of drug-likeness (QED) is 0.631. The predicted octanol–water partition coefficient (Wildman–Crippen LogP) is 3.43. The standard InChI is InChI=1S/C19H22N2O3/c1-13(2)17-9-4-5-10-18(17)24-12-19(23)21-20-14(3)15-7-6-8-16(22)11-15/h4-11,13,22H,12H2,1-3H3,(H,21,23)/b20-14-. The molecule has 0 bridgehead atoms. The van der Waals surface area contributed by atoms with E-state index in [2.05, 4.69) is 24.4 Å². The van der Waals surface area contributed by atoms with E-state index in [0.717, 1.165) is 11.1 Å².